The maximum atomic E-state index is 16.3. The first-order valence-corrected chi connectivity index (χ1v) is 29.9. The van der Waals surface area contributed by atoms with Gasteiger partial charge in [-0.1, -0.05) is 55.4 Å². The van der Waals surface area contributed by atoms with Gasteiger partial charge in [-0.25, -0.2) is 19.0 Å². The molecule has 1 aromatic carbocycles. The van der Waals surface area contributed by atoms with Gasteiger partial charge in [0.15, 0.2) is 17.2 Å². The topological polar surface area (TPSA) is 360 Å². The van der Waals surface area contributed by atoms with Gasteiger partial charge in [0.05, 0.1) is 29.9 Å². The molecule has 0 spiro atoms. The number of aromatic nitrogens is 1. The molecule has 5 aliphatic heterocycles. The number of ether oxygens (including phenoxy) is 2. The van der Waals surface area contributed by atoms with Crippen LogP contribution in [0.1, 0.15) is 116 Å². The molecule has 10 amide bonds. The Balaban J connectivity index is 1.32. The number of hydrogen-bond acceptors (Lipinski definition) is 18. The molecule has 6 N–H and O–H groups in total. The first-order valence-electron chi connectivity index (χ1n) is 29.9. The minimum absolute atomic E-state index is 0.100. The number of halogens is 2. The van der Waals surface area contributed by atoms with Gasteiger partial charge >= 0.3 is 11.9 Å². The maximum absolute atomic E-state index is 16.3. The molecule has 490 valence electrons. The smallest absolute Gasteiger partial charge is 0.329 e. The average Bonchev–Trinajstić information content (AvgIpc) is 0.875. The molecular formula is C60H80F2N12O16. The van der Waals surface area contributed by atoms with Gasteiger partial charge in [-0.2, -0.15) is 4.39 Å². The molecule has 10 atom stereocenters. The number of carbonyl (C=O) groups excluding carboxylic acids is 12. The summed E-state index contributed by atoms with van der Waals surface area (Å²) < 4.78 is 49.7. The van der Waals surface area contributed by atoms with E-state index in [4.69, 9.17) is 19.6 Å². The zero-order chi connectivity index (χ0) is 67.0. The third-order valence-corrected chi connectivity index (χ3v) is 17.0. The predicted molar refractivity (Wildman–Crippen MR) is 316 cm³/mol. The van der Waals surface area contributed by atoms with Gasteiger partial charge in [0, 0.05) is 41.3 Å². The minimum Gasteiger partial charge on any atom is -0.458 e. The Bertz CT molecular complexity index is 3430. The predicted octanol–water partition coefficient (Wildman–Crippen LogP) is 0.387. The average molecular weight is 1260 g/mol. The normalized spacial score (nSPS) is 26.2. The van der Waals surface area contributed by atoms with Crippen LogP contribution in [0.5, 0.6) is 0 Å². The number of likely N-dealkylation sites (N-methyl/N-ethyl adjacent to an activating group) is 4. The second-order valence-electron chi connectivity index (χ2n) is 24.9. The van der Waals surface area contributed by atoms with Crippen LogP contribution >= 0.6 is 0 Å². The van der Waals surface area contributed by atoms with Crippen molar-refractivity contribution in [3.05, 3.63) is 45.1 Å². The van der Waals surface area contributed by atoms with E-state index in [0.29, 0.717) is 18.9 Å². The molecule has 30 heteroatoms. The number of carbonyl (C=O) groups is 12. The van der Waals surface area contributed by atoms with E-state index in [1.165, 1.54) is 51.8 Å². The number of nitrogens with one attached hydrogen (secondary N) is 4. The van der Waals surface area contributed by atoms with E-state index in [9.17, 15) is 62.3 Å². The standard InChI is InChI=1S/C60H80F2N12O16/c1-25(2)40-57(84)73-21-15-17-33(73)55(82)69(11)23-35(75)71(13)46(27(5)6)59(86)88-29(9)42(53(80)65-40)67-51(78)31-19-20-32(61)49-44(31)64-45-37(39(63)48(77)38(62)50(45)90-49)52(79)68-43-30(10)89-60(87)47(28(7)8)72(14)36(76)24-70(12)56(83)34-18-16-22-74(34)58(85)41(26(3)4)66-54(43)81/h19-20,25-30,33-34,40-43,46-47H,15-18,21-24,63H2,1-14H3,(H,65,80)(H,66,81)(H,67,78)(H,68,79)/t29-,30-,33+,34+,40-,41-,42+,43+,46+,47+/m1/s1. The summed E-state index contributed by atoms with van der Waals surface area (Å²) in [6.07, 6.45) is -2.09. The first kappa shape index (κ1) is 68.6. The lowest BCUT2D eigenvalue weighted by atomic mass is 9.99. The number of esters is 2. The van der Waals surface area contributed by atoms with Crippen molar-refractivity contribution < 1.29 is 80.2 Å². The second-order valence-corrected chi connectivity index (χ2v) is 24.9. The Morgan fingerprint density at radius 3 is 1.46 bits per heavy atom. The molecule has 90 heavy (non-hydrogen) atoms. The van der Waals surface area contributed by atoms with E-state index in [0.717, 1.165) is 25.7 Å². The molecule has 0 radical (unpaired) electrons. The number of nitrogens with zero attached hydrogens (tertiary/aromatic N) is 7. The van der Waals surface area contributed by atoms with Crippen LogP contribution in [-0.4, -0.2) is 220 Å². The van der Waals surface area contributed by atoms with Gasteiger partial charge < -0.3 is 70.3 Å². The zero-order valence-electron chi connectivity index (χ0n) is 52.9. The fraction of sp³-hybridized carbons (Fsp3) is 0.600. The first-order chi connectivity index (χ1) is 42.1. The highest BCUT2D eigenvalue weighted by Gasteiger charge is 2.47. The molecule has 7 rings (SSSR count). The number of amides is 10. The lowest BCUT2D eigenvalue weighted by molar-refractivity contribution is -0.163. The summed E-state index contributed by atoms with van der Waals surface area (Å²) in [5, 5.41) is 10.1. The number of fused-ring (bicyclic) bond motifs is 4. The molecule has 1 aromatic rings. The van der Waals surface area contributed by atoms with Crippen LogP contribution in [0.3, 0.4) is 0 Å². The van der Waals surface area contributed by atoms with E-state index >= 15 is 8.78 Å². The van der Waals surface area contributed by atoms with Crippen molar-refractivity contribution in [2.75, 3.05) is 60.1 Å². The van der Waals surface area contributed by atoms with Gasteiger partial charge in [-0.05, 0) is 75.3 Å². The molecule has 0 aromatic heterocycles. The number of rotatable bonds is 8. The van der Waals surface area contributed by atoms with E-state index in [1.807, 2.05) is 0 Å². The molecule has 6 aliphatic rings. The summed E-state index contributed by atoms with van der Waals surface area (Å²) in [6.45, 7) is 14.5. The summed E-state index contributed by atoms with van der Waals surface area (Å²) in [7, 11) is 5.40. The van der Waals surface area contributed by atoms with Crippen LogP contribution in [-0.2, 0) is 57.4 Å². The van der Waals surface area contributed by atoms with Crippen LogP contribution < -0.4 is 32.4 Å². The van der Waals surface area contributed by atoms with Crippen molar-refractivity contribution in [2.24, 2.45) is 23.7 Å². The van der Waals surface area contributed by atoms with Crippen molar-refractivity contribution in [3.8, 4) is 11.5 Å². The number of cyclic esters (lactones) is 2. The molecule has 4 fully saturated rings. The molecule has 28 nitrogen and oxygen atoms in total. The summed E-state index contributed by atoms with van der Waals surface area (Å²) in [5.74, 6) is -17.9. The maximum Gasteiger partial charge on any atom is 0.329 e. The highest BCUT2D eigenvalue weighted by Crippen LogP contribution is 2.35. The largest absolute Gasteiger partial charge is 0.458 e. The van der Waals surface area contributed by atoms with E-state index in [2.05, 4.69) is 26.3 Å². The van der Waals surface area contributed by atoms with Crippen molar-refractivity contribution >= 4 is 87.8 Å². The number of anilines is 1. The molecule has 0 saturated carbocycles. The summed E-state index contributed by atoms with van der Waals surface area (Å²) in [5.41, 5.74) is -0.967. The third-order valence-electron chi connectivity index (χ3n) is 17.0. The fourth-order valence-electron chi connectivity index (χ4n) is 11.9. The lowest BCUT2D eigenvalue weighted by Crippen LogP contribution is -2.61. The molecule has 0 unspecified atom stereocenters. The van der Waals surface area contributed by atoms with Crippen molar-refractivity contribution in [1.29, 1.82) is 0 Å². The van der Waals surface area contributed by atoms with E-state index in [-0.39, 0.29) is 25.9 Å². The van der Waals surface area contributed by atoms with Crippen LogP contribution in [0.15, 0.2) is 21.3 Å². The summed E-state index contributed by atoms with van der Waals surface area (Å²) in [4.78, 5) is 197. The Morgan fingerprint density at radius 2 is 1.04 bits per heavy atom. The van der Waals surface area contributed by atoms with Crippen LogP contribution in [0.2, 0.25) is 0 Å². The molecule has 1 aliphatic carbocycles. The number of nitrogen functional groups attached to an aromatic ring is 1. The van der Waals surface area contributed by atoms with Crippen molar-refractivity contribution in [2.45, 2.75) is 155 Å². The zero-order valence-corrected chi connectivity index (χ0v) is 52.9. The third kappa shape index (κ3) is 13.7. The number of benzene rings is 2. The van der Waals surface area contributed by atoms with E-state index in [1.54, 1.807) is 55.4 Å². The Hall–Kier alpha value is -8.86. The highest BCUT2D eigenvalue weighted by molar-refractivity contribution is 6.10. The van der Waals surface area contributed by atoms with Gasteiger partial charge in [0.25, 0.3) is 11.8 Å². The van der Waals surface area contributed by atoms with Gasteiger partial charge in [0.2, 0.25) is 58.5 Å². The fourth-order valence-corrected chi connectivity index (χ4v) is 11.9. The lowest BCUT2D eigenvalue weighted by Gasteiger charge is -2.36. The Morgan fingerprint density at radius 1 is 0.622 bits per heavy atom. The van der Waals surface area contributed by atoms with E-state index < -0.39 is 225 Å². The molecular weight excluding hydrogens is 1180 g/mol. The quantitative estimate of drug-likeness (QED) is 0.116. The van der Waals surface area contributed by atoms with Crippen LogP contribution in [0.4, 0.5) is 14.5 Å². The molecule has 0 bridgehead atoms. The van der Waals surface area contributed by atoms with Gasteiger partial charge in [-0.3, -0.25) is 52.7 Å². The van der Waals surface area contributed by atoms with Crippen molar-refractivity contribution in [3.63, 3.8) is 0 Å². The van der Waals surface area contributed by atoms with Gasteiger partial charge in [0.1, 0.15) is 71.8 Å². The highest BCUT2D eigenvalue weighted by atomic mass is 19.1. The van der Waals surface area contributed by atoms with Crippen LogP contribution in [0.25, 0.3) is 22.6 Å². The molecule has 4 saturated heterocycles. The SMILES string of the molecule is CC(C)[C@H]1C(=O)O[C@H](C)[C@H](NC(=O)c2c3nc4c(C(=O)N[C@@H]5C(=O)N[C@H](C(C)C)C(=O)N6CCC[C@H]6C(=O)N(C)CC(=O)N(C)[C@@H](C(C)C)C(=O)O[C@@H]5C)ccc(F)c4oc-3c(F)c(=O)c2N)C(=O)N[C@H](C(C)C)C(=O)N2CCC[C@H]2C(=O)N(C)CC(=O)N1C. The summed E-state index contributed by atoms with van der Waals surface area (Å²) >= 11 is 0. The Labute approximate surface area is 517 Å². The van der Waals surface area contributed by atoms with Gasteiger partial charge in [-0.15, -0.1) is 0 Å². The minimum atomic E-state index is -2.04. The molecule has 5 heterocycles. The number of nitrogens with two attached hydrogens (primary N) is 1. The number of hydrogen-bond donors (Lipinski definition) is 5. The second kappa shape index (κ2) is 27.5. The van der Waals surface area contributed by atoms with Crippen LogP contribution in [0, 0.1) is 35.3 Å². The van der Waals surface area contributed by atoms with Crippen molar-refractivity contribution in [1.82, 2.24) is 55.7 Å². The summed E-state index contributed by atoms with van der Waals surface area (Å²) in [6, 6.07) is -9.89. The Kier molecular flexibility index (Phi) is 21.0. The monoisotopic (exact) mass is 1260 g/mol.